The number of likely N-dealkylation sites (tertiary alicyclic amines) is 1. The molecule has 2 atom stereocenters. The van der Waals surface area contributed by atoms with Crippen molar-refractivity contribution in [2.45, 2.75) is 32.1 Å². The first-order valence-corrected chi connectivity index (χ1v) is 11.1. The Morgan fingerprint density at radius 1 is 1.03 bits per heavy atom. The molecule has 1 N–H and O–H groups in total. The van der Waals surface area contributed by atoms with Crippen LogP contribution < -0.4 is 5.32 Å². The smallest absolute Gasteiger partial charge is 0.225 e. The van der Waals surface area contributed by atoms with Crippen LogP contribution in [-0.4, -0.2) is 38.8 Å². The number of hydrogen-bond acceptors (Lipinski definition) is 5. The Morgan fingerprint density at radius 3 is 2.42 bits per heavy atom. The number of para-hydroxylation sites is 1. The topological polar surface area (TPSA) is 71.0 Å². The van der Waals surface area contributed by atoms with Gasteiger partial charge in [0.2, 0.25) is 5.91 Å². The summed E-state index contributed by atoms with van der Waals surface area (Å²) in [6.45, 7) is 3.74. The zero-order chi connectivity index (χ0) is 21.2. The Bertz CT molecular complexity index is 1050. The first-order chi connectivity index (χ1) is 15.2. The third-order valence-corrected chi connectivity index (χ3v) is 6.36. The maximum atomic E-state index is 12.6. The Hall–Kier alpha value is -3.28. The van der Waals surface area contributed by atoms with Gasteiger partial charge in [-0.3, -0.25) is 9.78 Å². The highest BCUT2D eigenvalue weighted by Gasteiger charge is 2.42. The lowest BCUT2D eigenvalue weighted by Crippen LogP contribution is -2.39. The van der Waals surface area contributed by atoms with E-state index in [2.05, 4.69) is 17.2 Å². The van der Waals surface area contributed by atoms with Crippen molar-refractivity contribution in [3.8, 4) is 11.3 Å². The monoisotopic (exact) mass is 413 g/mol. The predicted molar refractivity (Wildman–Crippen MR) is 121 cm³/mol. The van der Waals surface area contributed by atoms with Gasteiger partial charge in [0.25, 0.3) is 0 Å². The molecule has 0 unspecified atom stereocenters. The number of pyridine rings is 1. The quantitative estimate of drug-likeness (QED) is 0.660. The van der Waals surface area contributed by atoms with Crippen LogP contribution in [0.25, 0.3) is 11.3 Å². The number of carbonyl (C=O) groups excluding carboxylic acids is 1. The van der Waals surface area contributed by atoms with E-state index in [0.717, 1.165) is 60.9 Å². The summed E-state index contributed by atoms with van der Waals surface area (Å²) < 4.78 is 0. The van der Waals surface area contributed by atoms with Crippen LogP contribution >= 0.6 is 0 Å². The summed E-state index contributed by atoms with van der Waals surface area (Å²) in [7, 11) is 0. The molecule has 1 saturated carbocycles. The molecule has 2 aliphatic rings. The first-order valence-electron chi connectivity index (χ1n) is 11.1. The number of rotatable bonds is 5. The van der Waals surface area contributed by atoms with E-state index in [1.54, 1.807) is 12.4 Å². The molecule has 0 radical (unpaired) electrons. The van der Waals surface area contributed by atoms with Gasteiger partial charge in [-0.2, -0.15) is 0 Å². The first kappa shape index (κ1) is 19.7. The molecule has 0 spiro atoms. The summed E-state index contributed by atoms with van der Waals surface area (Å²) >= 11 is 0. The van der Waals surface area contributed by atoms with Gasteiger partial charge in [0.15, 0.2) is 0 Å². The number of benzene rings is 1. The van der Waals surface area contributed by atoms with Gasteiger partial charge in [0, 0.05) is 54.6 Å². The zero-order valence-corrected chi connectivity index (χ0v) is 17.7. The molecule has 31 heavy (non-hydrogen) atoms. The van der Waals surface area contributed by atoms with Gasteiger partial charge >= 0.3 is 0 Å². The highest BCUT2D eigenvalue weighted by Crippen LogP contribution is 2.40. The second-order valence-corrected chi connectivity index (χ2v) is 8.64. The summed E-state index contributed by atoms with van der Waals surface area (Å²) in [6.07, 6.45) is 6.41. The number of amides is 1. The largest absolute Gasteiger partial charge is 0.342 e. The minimum atomic E-state index is 0.249. The molecule has 6 heteroatoms. The fourth-order valence-corrected chi connectivity index (χ4v) is 4.31. The molecule has 1 aliphatic heterocycles. The van der Waals surface area contributed by atoms with Gasteiger partial charge in [-0.05, 0) is 49.4 Å². The van der Waals surface area contributed by atoms with E-state index in [0.29, 0.717) is 11.8 Å². The summed E-state index contributed by atoms with van der Waals surface area (Å²) in [4.78, 5) is 28.5. The molecule has 1 aliphatic carbocycles. The predicted octanol–water partition coefficient (Wildman–Crippen LogP) is 4.64. The highest BCUT2D eigenvalue weighted by atomic mass is 16.2. The lowest BCUT2D eigenvalue weighted by molar-refractivity contribution is -0.133. The minimum absolute atomic E-state index is 0.249. The maximum absolute atomic E-state index is 12.6. The van der Waals surface area contributed by atoms with Gasteiger partial charge in [0.1, 0.15) is 11.6 Å². The van der Waals surface area contributed by atoms with Gasteiger partial charge in [-0.15, -0.1) is 0 Å². The molecule has 6 nitrogen and oxygen atoms in total. The van der Waals surface area contributed by atoms with E-state index in [1.165, 1.54) is 0 Å². The lowest BCUT2D eigenvalue weighted by Gasteiger charge is -2.31. The molecular weight excluding hydrogens is 386 g/mol. The van der Waals surface area contributed by atoms with Gasteiger partial charge < -0.3 is 10.2 Å². The van der Waals surface area contributed by atoms with Crippen LogP contribution in [-0.2, 0) is 4.79 Å². The van der Waals surface area contributed by atoms with Crippen LogP contribution in [0.3, 0.4) is 0 Å². The summed E-state index contributed by atoms with van der Waals surface area (Å²) in [5.41, 5.74) is 2.90. The second kappa shape index (κ2) is 8.46. The van der Waals surface area contributed by atoms with Crippen LogP contribution in [0.15, 0.2) is 60.9 Å². The van der Waals surface area contributed by atoms with E-state index in [9.17, 15) is 4.79 Å². The summed E-state index contributed by atoms with van der Waals surface area (Å²) in [5.74, 6) is 3.03. The van der Waals surface area contributed by atoms with Crippen LogP contribution in [0, 0.1) is 11.8 Å². The SMILES string of the molecule is C[C@@H]1C[C@H]1C(=O)N1CCC(c2nc(Nc3ccccc3)cc(-c3ccncc3)n2)CC1. The van der Waals surface area contributed by atoms with Crippen molar-refractivity contribution in [2.24, 2.45) is 11.8 Å². The molecule has 1 amide bonds. The van der Waals surface area contributed by atoms with Crippen molar-refractivity contribution < 1.29 is 4.79 Å². The molecule has 158 valence electrons. The molecule has 0 bridgehead atoms. The van der Waals surface area contributed by atoms with Crippen molar-refractivity contribution in [3.05, 3.63) is 66.7 Å². The molecule has 1 aromatic carbocycles. The Labute approximate surface area is 182 Å². The number of hydrogen-bond donors (Lipinski definition) is 1. The Balaban J connectivity index is 1.38. The summed E-state index contributed by atoms with van der Waals surface area (Å²) in [6, 6.07) is 16.0. The van der Waals surface area contributed by atoms with E-state index in [4.69, 9.17) is 9.97 Å². The van der Waals surface area contributed by atoms with Gasteiger partial charge in [-0.1, -0.05) is 25.1 Å². The molecule has 5 rings (SSSR count). The van der Waals surface area contributed by atoms with Gasteiger partial charge in [0.05, 0.1) is 5.69 Å². The van der Waals surface area contributed by atoms with Crippen molar-refractivity contribution in [1.82, 2.24) is 19.9 Å². The normalized spacial score (nSPS) is 21.0. The van der Waals surface area contributed by atoms with Crippen LogP contribution in [0.5, 0.6) is 0 Å². The number of anilines is 2. The third kappa shape index (κ3) is 4.43. The molecule has 3 heterocycles. The van der Waals surface area contributed by atoms with Crippen LogP contribution in [0.1, 0.15) is 37.9 Å². The Morgan fingerprint density at radius 2 is 1.74 bits per heavy atom. The van der Waals surface area contributed by atoms with Crippen molar-refractivity contribution in [1.29, 1.82) is 0 Å². The van der Waals surface area contributed by atoms with Crippen molar-refractivity contribution >= 4 is 17.4 Å². The van der Waals surface area contributed by atoms with E-state index in [-0.39, 0.29) is 11.8 Å². The maximum Gasteiger partial charge on any atom is 0.225 e. The molecular formula is C25H27N5O. The number of aromatic nitrogens is 3. The van der Waals surface area contributed by atoms with E-state index < -0.39 is 0 Å². The molecule has 3 aromatic rings. The highest BCUT2D eigenvalue weighted by molar-refractivity contribution is 5.81. The van der Waals surface area contributed by atoms with E-state index in [1.807, 2.05) is 53.4 Å². The third-order valence-electron chi connectivity index (χ3n) is 6.36. The van der Waals surface area contributed by atoms with Crippen LogP contribution in [0.2, 0.25) is 0 Å². The average molecular weight is 414 g/mol. The number of piperidine rings is 1. The van der Waals surface area contributed by atoms with Gasteiger partial charge in [-0.25, -0.2) is 9.97 Å². The number of carbonyl (C=O) groups is 1. The van der Waals surface area contributed by atoms with Crippen LogP contribution in [0.4, 0.5) is 11.5 Å². The fraction of sp³-hybridized carbons (Fsp3) is 0.360. The minimum Gasteiger partial charge on any atom is -0.342 e. The molecule has 1 saturated heterocycles. The molecule has 2 aromatic heterocycles. The molecule has 2 fully saturated rings. The standard InChI is InChI=1S/C25H27N5O/c1-17-15-21(17)25(31)30-13-9-19(10-14-30)24-28-22(18-7-11-26-12-8-18)16-23(29-24)27-20-5-3-2-4-6-20/h2-8,11-12,16-17,19,21H,9-10,13-15H2,1H3,(H,27,28,29)/t17-,21-/m1/s1. The number of nitrogens with one attached hydrogen (secondary N) is 1. The zero-order valence-electron chi connectivity index (χ0n) is 17.7. The second-order valence-electron chi connectivity index (χ2n) is 8.64. The van der Waals surface area contributed by atoms with Crippen molar-refractivity contribution in [3.63, 3.8) is 0 Å². The van der Waals surface area contributed by atoms with Crippen molar-refractivity contribution in [2.75, 3.05) is 18.4 Å². The summed E-state index contributed by atoms with van der Waals surface area (Å²) in [5, 5.41) is 3.42. The van der Waals surface area contributed by atoms with E-state index >= 15 is 0 Å². The lowest BCUT2D eigenvalue weighted by atomic mass is 9.95. The fourth-order valence-electron chi connectivity index (χ4n) is 4.31. The number of nitrogens with zero attached hydrogens (tertiary/aromatic N) is 4. The Kier molecular flexibility index (Phi) is 5.37. The average Bonchev–Trinajstić information content (AvgIpc) is 3.56.